The van der Waals surface area contributed by atoms with Gasteiger partial charge in [0.1, 0.15) is 17.3 Å². The number of hydrogen-bond donors (Lipinski definition) is 2. The number of esters is 1. The lowest BCUT2D eigenvalue weighted by Crippen LogP contribution is -2.18. The largest absolute Gasteiger partial charge is 0.462 e. The average Bonchev–Trinajstić information content (AvgIpc) is 2.74. The van der Waals surface area contributed by atoms with Gasteiger partial charge in [0.05, 0.1) is 22.8 Å². The van der Waals surface area contributed by atoms with Crippen LogP contribution in [0.25, 0.3) is 0 Å². The number of amides is 1. The molecule has 0 radical (unpaired) electrons. The molecular formula is C21H20N4O5. The van der Waals surface area contributed by atoms with Crippen LogP contribution in [0.2, 0.25) is 0 Å². The minimum Gasteiger partial charge on any atom is -0.462 e. The summed E-state index contributed by atoms with van der Waals surface area (Å²) < 4.78 is 5.17. The Morgan fingerprint density at radius 2 is 1.83 bits per heavy atom. The maximum absolute atomic E-state index is 12.5. The van der Waals surface area contributed by atoms with Crippen LogP contribution in [0.1, 0.15) is 30.1 Å². The fourth-order valence-corrected chi connectivity index (χ4v) is 2.40. The summed E-state index contributed by atoms with van der Waals surface area (Å²) in [6.45, 7) is 2.23. The number of hydrogen-bond acceptors (Lipinski definition) is 7. The van der Waals surface area contributed by atoms with Crippen LogP contribution in [0.15, 0.2) is 60.3 Å². The summed E-state index contributed by atoms with van der Waals surface area (Å²) in [6.07, 6.45) is 2.66. The van der Waals surface area contributed by atoms with Crippen molar-refractivity contribution >= 4 is 28.9 Å². The van der Waals surface area contributed by atoms with Crippen molar-refractivity contribution in [3.8, 4) is 6.07 Å². The van der Waals surface area contributed by atoms with Gasteiger partial charge < -0.3 is 15.4 Å². The number of nitro benzene ring substituents is 1. The zero-order valence-corrected chi connectivity index (χ0v) is 16.3. The van der Waals surface area contributed by atoms with Gasteiger partial charge in [0.25, 0.3) is 11.6 Å². The fraction of sp³-hybridized carbons (Fsp3) is 0.190. The van der Waals surface area contributed by atoms with E-state index in [1.807, 2.05) is 6.92 Å². The molecular weight excluding hydrogens is 388 g/mol. The van der Waals surface area contributed by atoms with E-state index in [9.17, 15) is 25.0 Å². The molecule has 9 heteroatoms. The molecule has 0 unspecified atom stereocenters. The second-order valence-corrected chi connectivity index (χ2v) is 6.08. The van der Waals surface area contributed by atoms with Crippen LogP contribution >= 0.6 is 0 Å². The van der Waals surface area contributed by atoms with Gasteiger partial charge in [-0.05, 0) is 24.6 Å². The fourth-order valence-electron chi connectivity index (χ4n) is 2.40. The zero-order chi connectivity index (χ0) is 21.9. The molecule has 154 valence electrons. The minimum atomic E-state index is -0.780. The lowest BCUT2D eigenvalue weighted by atomic mass is 10.1. The monoisotopic (exact) mass is 408 g/mol. The van der Waals surface area contributed by atoms with Gasteiger partial charge >= 0.3 is 5.97 Å². The number of nitro groups is 1. The van der Waals surface area contributed by atoms with Crippen LogP contribution in [0, 0.1) is 21.4 Å². The summed E-state index contributed by atoms with van der Waals surface area (Å²) >= 11 is 0. The number of nitrogens with one attached hydrogen (secondary N) is 2. The first-order chi connectivity index (χ1) is 14.5. The third-order valence-electron chi connectivity index (χ3n) is 3.96. The second kappa shape index (κ2) is 11.0. The quantitative estimate of drug-likeness (QED) is 0.160. The van der Waals surface area contributed by atoms with Crippen molar-refractivity contribution in [3.63, 3.8) is 0 Å². The first-order valence-electron chi connectivity index (χ1n) is 9.15. The van der Waals surface area contributed by atoms with Crippen LogP contribution in [0.5, 0.6) is 0 Å². The number of nitriles is 1. The molecule has 0 saturated heterocycles. The molecule has 0 atom stereocenters. The van der Waals surface area contributed by atoms with Crippen LogP contribution in [-0.4, -0.2) is 23.4 Å². The molecule has 2 aromatic carbocycles. The van der Waals surface area contributed by atoms with Gasteiger partial charge in [-0.1, -0.05) is 37.6 Å². The van der Waals surface area contributed by atoms with Gasteiger partial charge in [-0.15, -0.1) is 0 Å². The smallest absolute Gasteiger partial charge is 0.340 e. The van der Waals surface area contributed by atoms with Crippen molar-refractivity contribution < 1.29 is 19.2 Å². The molecule has 0 aromatic heterocycles. The molecule has 30 heavy (non-hydrogen) atoms. The Bertz CT molecular complexity index is 1010. The van der Waals surface area contributed by atoms with E-state index in [-0.39, 0.29) is 34.8 Å². The van der Waals surface area contributed by atoms with E-state index in [4.69, 9.17) is 4.74 Å². The molecule has 9 nitrogen and oxygen atoms in total. The highest BCUT2D eigenvalue weighted by Gasteiger charge is 2.17. The Kier molecular flexibility index (Phi) is 8.08. The van der Waals surface area contributed by atoms with Crippen molar-refractivity contribution in [2.75, 3.05) is 17.2 Å². The first-order valence-corrected chi connectivity index (χ1v) is 9.15. The number of carbonyl (C=O) groups excluding carboxylic acids is 2. The lowest BCUT2D eigenvalue weighted by Gasteiger charge is -2.10. The van der Waals surface area contributed by atoms with Crippen LogP contribution in [0.3, 0.4) is 0 Å². The highest BCUT2D eigenvalue weighted by atomic mass is 16.6. The maximum Gasteiger partial charge on any atom is 0.340 e. The highest BCUT2D eigenvalue weighted by molar-refractivity contribution is 6.09. The Hall–Kier alpha value is -4.19. The van der Waals surface area contributed by atoms with Crippen molar-refractivity contribution in [3.05, 3.63) is 76.0 Å². The number of para-hydroxylation sites is 3. The zero-order valence-electron chi connectivity index (χ0n) is 16.3. The van der Waals surface area contributed by atoms with Crippen LogP contribution in [-0.2, 0) is 9.53 Å². The summed E-state index contributed by atoms with van der Waals surface area (Å²) in [7, 11) is 0. The number of nitrogens with zero attached hydrogens (tertiary/aromatic N) is 2. The summed E-state index contributed by atoms with van der Waals surface area (Å²) in [5.74, 6) is -1.36. The molecule has 0 spiro atoms. The minimum absolute atomic E-state index is 0.128. The summed E-state index contributed by atoms with van der Waals surface area (Å²) in [6, 6.07) is 13.8. The topological polar surface area (TPSA) is 134 Å². The Morgan fingerprint density at radius 3 is 2.50 bits per heavy atom. The van der Waals surface area contributed by atoms with Crippen molar-refractivity contribution in [1.29, 1.82) is 5.26 Å². The molecule has 2 N–H and O–H groups in total. The highest BCUT2D eigenvalue weighted by Crippen LogP contribution is 2.23. The van der Waals surface area contributed by atoms with Crippen molar-refractivity contribution in [2.24, 2.45) is 0 Å². The maximum atomic E-state index is 12.5. The number of unbranched alkanes of at least 4 members (excludes halogenated alkanes) is 1. The third-order valence-corrected chi connectivity index (χ3v) is 3.96. The molecule has 2 rings (SSSR count). The Morgan fingerprint density at radius 1 is 1.17 bits per heavy atom. The van der Waals surface area contributed by atoms with Crippen molar-refractivity contribution in [1.82, 2.24) is 0 Å². The van der Waals surface area contributed by atoms with E-state index in [0.717, 1.165) is 19.0 Å². The van der Waals surface area contributed by atoms with Crippen molar-refractivity contribution in [2.45, 2.75) is 19.8 Å². The first kappa shape index (κ1) is 22.1. The van der Waals surface area contributed by atoms with Crippen LogP contribution < -0.4 is 10.6 Å². The standard InChI is InChI=1S/C21H20N4O5/c1-2-3-12-30-21(27)16-8-4-5-9-17(16)24-20(26)15(13-22)14-23-18-10-6-7-11-19(18)25(28)29/h4-11,14,23H,2-3,12H2,1H3,(H,24,26)/b15-14-. The summed E-state index contributed by atoms with van der Waals surface area (Å²) in [4.78, 5) is 35.2. The van der Waals surface area contributed by atoms with E-state index in [1.165, 1.54) is 30.3 Å². The molecule has 1 amide bonds. The third kappa shape index (κ3) is 5.90. The van der Waals surface area contributed by atoms with Gasteiger partial charge in [0.15, 0.2) is 0 Å². The van der Waals surface area contributed by atoms with Gasteiger partial charge in [-0.2, -0.15) is 5.26 Å². The van der Waals surface area contributed by atoms with E-state index in [1.54, 1.807) is 24.3 Å². The SMILES string of the molecule is CCCCOC(=O)c1ccccc1NC(=O)/C(C#N)=C\Nc1ccccc1[N+](=O)[O-]. The Labute approximate surface area is 173 Å². The number of benzene rings is 2. The number of anilines is 2. The van der Waals surface area contributed by atoms with Crippen LogP contribution in [0.4, 0.5) is 17.1 Å². The Balaban J connectivity index is 2.17. The second-order valence-electron chi connectivity index (χ2n) is 6.08. The molecule has 0 heterocycles. The molecule has 2 aromatic rings. The normalized spacial score (nSPS) is 10.6. The number of carbonyl (C=O) groups is 2. The molecule has 0 aliphatic heterocycles. The predicted octanol–water partition coefficient (Wildman–Crippen LogP) is 4.01. The molecule has 0 saturated carbocycles. The summed E-state index contributed by atoms with van der Waals surface area (Å²) in [5, 5.41) is 25.5. The summed E-state index contributed by atoms with van der Waals surface area (Å²) in [5.41, 5.74) is -0.0568. The number of rotatable bonds is 9. The van der Waals surface area contributed by atoms with E-state index in [0.29, 0.717) is 0 Å². The predicted molar refractivity (Wildman–Crippen MR) is 111 cm³/mol. The van der Waals surface area contributed by atoms with E-state index >= 15 is 0 Å². The van der Waals surface area contributed by atoms with Gasteiger partial charge in [-0.3, -0.25) is 14.9 Å². The molecule has 0 fully saturated rings. The van der Waals surface area contributed by atoms with Gasteiger partial charge in [0.2, 0.25) is 0 Å². The van der Waals surface area contributed by atoms with Gasteiger partial charge in [0, 0.05) is 12.3 Å². The van der Waals surface area contributed by atoms with E-state index in [2.05, 4.69) is 10.6 Å². The molecule has 0 aliphatic carbocycles. The number of ether oxygens (including phenoxy) is 1. The molecule has 0 aliphatic rings. The molecule has 0 bridgehead atoms. The lowest BCUT2D eigenvalue weighted by molar-refractivity contribution is -0.383. The average molecular weight is 408 g/mol. The van der Waals surface area contributed by atoms with E-state index < -0.39 is 16.8 Å². The van der Waals surface area contributed by atoms with Gasteiger partial charge in [-0.25, -0.2) is 4.79 Å².